The molecule has 0 bridgehead atoms. The Morgan fingerprint density at radius 2 is 2.00 bits per heavy atom. The smallest absolute Gasteiger partial charge is 0.240 e. The standard InChI is InChI=1S/C22H28N4O5/c1-15-5-3-6-17(11-15)26(14-21(28)23-13-18-7-4-10-30-18)22(29)9-8-20(27)24-19-12-16(2)31-25-19/h3,5-6,11-12,18H,4,7-10,13-14H2,1-2H3,(H,23,28)(H,24,25,27)/t18-/m0/s1. The van der Waals surface area contributed by atoms with Crippen LogP contribution >= 0.6 is 0 Å². The molecule has 2 aromatic rings. The van der Waals surface area contributed by atoms with Crippen LogP contribution in [0.4, 0.5) is 11.5 Å². The van der Waals surface area contributed by atoms with Crippen molar-refractivity contribution in [3.63, 3.8) is 0 Å². The van der Waals surface area contributed by atoms with Crippen molar-refractivity contribution in [1.29, 1.82) is 0 Å². The topological polar surface area (TPSA) is 114 Å². The molecule has 9 heteroatoms. The van der Waals surface area contributed by atoms with Gasteiger partial charge in [-0.15, -0.1) is 0 Å². The number of hydrogen-bond acceptors (Lipinski definition) is 6. The zero-order valence-electron chi connectivity index (χ0n) is 17.8. The van der Waals surface area contributed by atoms with E-state index in [1.54, 1.807) is 19.1 Å². The number of amides is 3. The fourth-order valence-electron chi connectivity index (χ4n) is 3.34. The lowest BCUT2D eigenvalue weighted by molar-refractivity contribution is -0.125. The quantitative estimate of drug-likeness (QED) is 0.634. The van der Waals surface area contributed by atoms with Crippen molar-refractivity contribution in [2.24, 2.45) is 0 Å². The first-order valence-corrected chi connectivity index (χ1v) is 10.4. The molecule has 3 amide bonds. The third-order valence-electron chi connectivity index (χ3n) is 4.93. The summed E-state index contributed by atoms with van der Waals surface area (Å²) in [4.78, 5) is 39.0. The fraction of sp³-hybridized carbons (Fsp3) is 0.455. The van der Waals surface area contributed by atoms with Crippen molar-refractivity contribution in [3.05, 3.63) is 41.7 Å². The molecule has 0 spiro atoms. The number of ether oxygens (including phenoxy) is 1. The maximum Gasteiger partial charge on any atom is 0.240 e. The number of carbonyl (C=O) groups is 3. The van der Waals surface area contributed by atoms with E-state index in [1.807, 2.05) is 25.1 Å². The molecule has 3 rings (SSSR count). The lowest BCUT2D eigenvalue weighted by atomic mass is 10.2. The minimum absolute atomic E-state index is 0.0240. The lowest BCUT2D eigenvalue weighted by Crippen LogP contribution is -2.43. The Labute approximate surface area is 181 Å². The van der Waals surface area contributed by atoms with E-state index in [2.05, 4.69) is 15.8 Å². The molecule has 31 heavy (non-hydrogen) atoms. The molecule has 1 saturated heterocycles. The molecule has 0 saturated carbocycles. The fourth-order valence-corrected chi connectivity index (χ4v) is 3.34. The van der Waals surface area contributed by atoms with E-state index in [4.69, 9.17) is 9.26 Å². The number of anilines is 2. The van der Waals surface area contributed by atoms with Gasteiger partial charge in [-0.25, -0.2) is 0 Å². The van der Waals surface area contributed by atoms with Crippen molar-refractivity contribution in [1.82, 2.24) is 10.5 Å². The molecule has 1 aromatic heterocycles. The highest BCUT2D eigenvalue weighted by Crippen LogP contribution is 2.18. The molecule has 0 radical (unpaired) electrons. The summed E-state index contributed by atoms with van der Waals surface area (Å²) >= 11 is 0. The average molecular weight is 428 g/mol. The molecule has 1 aliphatic heterocycles. The Bertz CT molecular complexity index is 920. The van der Waals surface area contributed by atoms with Crippen molar-refractivity contribution < 1.29 is 23.6 Å². The van der Waals surface area contributed by atoms with Gasteiger partial charge >= 0.3 is 0 Å². The molecule has 1 atom stereocenters. The first-order valence-electron chi connectivity index (χ1n) is 10.4. The normalized spacial score (nSPS) is 15.5. The van der Waals surface area contributed by atoms with Crippen molar-refractivity contribution in [3.8, 4) is 0 Å². The summed E-state index contributed by atoms with van der Waals surface area (Å²) in [5, 5.41) is 9.13. The van der Waals surface area contributed by atoms with E-state index in [1.165, 1.54) is 4.90 Å². The SMILES string of the molecule is Cc1cccc(N(CC(=O)NC[C@@H]2CCCO2)C(=O)CCC(=O)Nc2cc(C)on2)c1. The first kappa shape index (κ1) is 22.5. The Morgan fingerprint density at radius 1 is 1.16 bits per heavy atom. The van der Waals surface area contributed by atoms with Gasteiger partial charge in [-0.05, 0) is 44.4 Å². The predicted molar refractivity (Wildman–Crippen MR) is 115 cm³/mol. The van der Waals surface area contributed by atoms with E-state index in [0.29, 0.717) is 30.4 Å². The molecule has 0 unspecified atom stereocenters. The number of hydrogen-bond donors (Lipinski definition) is 2. The van der Waals surface area contributed by atoms with Gasteiger partial charge in [0.1, 0.15) is 12.3 Å². The second kappa shape index (κ2) is 10.7. The van der Waals surface area contributed by atoms with Crippen LogP contribution in [-0.4, -0.2) is 48.7 Å². The summed E-state index contributed by atoms with van der Waals surface area (Å²) in [5.41, 5.74) is 1.58. The first-order chi connectivity index (χ1) is 14.9. The van der Waals surface area contributed by atoms with Crippen molar-refractivity contribution in [2.75, 3.05) is 29.9 Å². The largest absolute Gasteiger partial charge is 0.376 e. The molecular formula is C22H28N4O5. The van der Waals surface area contributed by atoms with Crippen LogP contribution in [0.25, 0.3) is 0 Å². The average Bonchev–Trinajstić information content (AvgIpc) is 3.40. The monoisotopic (exact) mass is 428 g/mol. The van der Waals surface area contributed by atoms with Gasteiger partial charge in [0.25, 0.3) is 0 Å². The van der Waals surface area contributed by atoms with Gasteiger partial charge in [-0.3, -0.25) is 14.4 Å². The van der Waals surface area contributed by atoms with Gasteiger partial charge in [0, 0.05) is 37.7 Å². The summed E-state index contributed by atoms with van der Waals surface area (Å²) in [7, 11) is 0. The minimum Gasteiger partial charge on any atom is -0.376 e. The van der Waals surface area contributed by atoms with Crippen LogP contribution in [0.15, 0.2) is 34.9 Å². The third kappa shape index (κ3) is 6.92. The maximum absolute atomic E-state index is 12.9. The van der Waals surface area contributed by atoms with Gasteiger partial charge < -0.3 is 24.8 Å². The van der Waals surface area contributed by atoms with Gasteiger partial charge in [0.05, 0.1) is 6.10 Å². The summed E-state index contributed by atoms with van der Waals surface area (Å²) in [6, 6.07) is 8.95. The second-order valence-electron chi connectivity index (χ2n) is 7.63. The Balaban J connectivity index is 1.58. The zero-order valence-corrected chi connectivity index (χ0v) is 17.8. The number of nitrogens with zero attached hydrogens (tertiary/aromatic N) is 2. The number of aryl methyl sites for hydroxylation is 2. The molecular weight excluding hydrogens is 400 g/mol. The van der Waals surface area contributed by atoms with Crippen molar-refractivity contribution in [2.45, 2.75) is 45.6 Å². The summed E-state index contributed by atoms with van der Waals surface area (Å²) in [6.07, 6.45) is 1.85. The van der Waals surface area contributed by atoms with Crippen LogP contribution in [0.3, 0.4) is 0 Å². The number of benzene rings is 1. The second-order valence-corrected chi connectivity index (χ2v) is 7.63. The zero-order chi connectivity index (χ0) is 22.2. The highest BCUT2D eigenvalue weighted by molar-refractivity contribution is 6.01. The number of carbonyl (C=O) groups excluding carboxylic acids is 3. The summed E-state index contributed by atoms with van der Waals surface area (Å²) < 4.78 is 10.4. The highest BCUT2D eigenvalue weighted by atomic mass is 16.5. The molecule has 2 N–H and O–H groups in total. The molecule has 1 aromatic carbocycles. The molecule has 166 valence electrons. The lowest BCUT2D eigenvalue weighted by Gasteiger charge is -2.23. The Morgan fingerprint density at radius 3 is 2.68 bits per heavy atom. The summed E-state index contributed by atoms with van der Waals surface area (Å²) in [5.74, 6) is -0.0593. The van der Waals surface area contributed by atoms with Crippen molar-refractivity contribution >= 4 is 29.2 Å². The minimum atomic E-state index is -0.353. The van der Waals surface area contributed by atoms with Crippen LogP contribution in [0, 0.1) is 13.8 Å². The van der Waals surface area contributed by atoms with E-state index < -0.39 is 0 Å². The van der Waals surface area contributed by atoms with Gasteiger partial charge in [-0.1, -0.05) is 17.3 Å². The van der Waals surface area contributed by atoms with Crippen LogP contribution < -0.4 is 15.5 Å². The molecule has 0 aliphatic carbocycles. The number of nitrogens with one attached hydrogen (secondary N) is 2. The number of rotatable bonds is 9. The van der Waals surface area contributed by atoms with Crippen LogP contribution in [0.5, 0.6) is 0 Å². The van der Waals surface area contributed by atoms with Crippen LogP contribution in [0.1, 0.15) is 37.0 Å². The number of aromatic nitrogens is 1. The molecule has 9 nitrogen and oxygen atoms in total. The molecule has 1 aliphatic rings. The Hall–Kier alpha value is -3.20. The predicted octanol–water partition coefficient (Wildman–Crippen LogP) is 2.34. The summed E-state index contributed by atoms with van der Waals surface area (Å²) in [6.45, 7) is 4.64. The van der Waals surface area contributed by atoms with Crippen LogP contribution in [0.2, 0.25) is 0 Å². The Kier molecular flexibility index (Phi) is 7.77. The van der Waals surface area contributed by atoms with Gasteiger partial charge in [-0.2, -0.15) is 0 Å². The van der Waals surface area contributed by atoms with E-state index >= 15 is 0 Å². The van der Waals surface area contributed by atoms with E-state index in [9.17, 15) is 14.4 Å². The maximum atomic E-state index is 12.9. The van der Waals surface area contributed by atoms with Gasteiger partial charge in [0.15, 0.2) is 5.82 Å². The molecule has 1 fully saturated rings. The highest BCUT2D eigenvalue weighted by Gasteiger charge is 2.22. The van der Waals surface area contributed by atoms with E-state index in [0.717, 1.165) is 18.4 Å². The van der Waals surface area contributed by atoms with Gasteiger partial charge in [0.2, 0.25) is 17.7 Å². The van der Waals surface area contributed by atoms with Crippen LogP contribution in [-0.2, 0) is 19.1 Å². The third-order valence-corrected chi connectivity index (χ3v) is 4.93. The van der Waals surface area contributed by atoms with E-state index in [-0.39, 0.29) is 43.2 Å². The molecule has 2 heterocycles.